The van der Waals surface area contributed by atoms with E-state index in [0.717, 1.165) is 17.8 Å². The van der Waals surface area contributed by atoms with Crippen molar-refractivity contribution in [2.75, 3.05) is 19.0 Å². The lowest BCUT2D eigenvalue weighted by molar-refractivity contribution is 0.694. The smallest absolute Gasteiger partial charge is 0.130 e. The SMILES string of the molecule is CC[C@H](N)c1cnc(N(C)C)c(C)c1. The van der Waals surface area contributed by atoms with Gasteiger partial charge in [-0.05, 0) is 30.5 Å². The average molecular weight is 193 g/mol. The van der Waals surface area contributed by atoms with Crippen molar-refractivity contribution in [1.29, 1.82) is 0 Å². The zero-order chi connectivity index (χ0) is 10.7. The average Bonchev–Trinajstić information content (AvgIpc) is 2.15. The number of aromatic nitrogens is 1. The van der Waals surface area contributed by atoms with Gasteiger partial charge in [0.1, 0.15) is 5.82 Å². The van der Waals surface area contributed by atoms with Crippen LogP contribution < -0.4 is 10.6 Å². The van der Waals surface area contributed by atoms with E-state index in [0.29, 0.717) is 0 Å². The molecule has 0 bridgehead atoms. The quantitative estimate of drug-likeness (QED) is 0.796. The molecule has 0 aliphatic carbocycles. The number of pyridine rings is 1. The summed E-state index contributed by atoms with van der Waals surface area (Å²) < 4.78 is 0. The molecule has 0 spiro atoms. The molecule has 0 saturated carbocycles. The van der Waals surface area contributed by atoms with Crippen LogP contribution in [-0.2, 0) is 0 Å². The van der Waals surface area contributed by atoms with Crippen molar-refractivity contribution in [2.45, 2.75) is 26.3 Å². The molecule has 14 heavy (non-hydrogen) atoms. The fourth-order valence-corrected chi connectivity index (χ4v) is 1.50. The Bertz CT molecular complexity index is 307. The third kappa shape index (κ3) is 2.23. The summed E-state index contributed by atoms with van der Waals surface area (Å²) in [4.78, 5) is 6.40. The van der Waals surface area contributed by atoms with Crippen LogP contribution in [0.2, 0.25) is 0 Å². The maximum atomic E-state index is 5.94. The summed E-state index contributed by atoms with van der Waals surface area (Å²) in [5, 5.41) is 0. The maximum Gasteiger partial charge on any atom is 0.130 e. The summed E-state index contributed by atoms with van der Waals surface area (Å²) in [7, 11) is 3.99. The third-order valence-electron chi connectivity index (χ3n) is 2.36. The van der Waals surface area contributed by atoms with E-state index < -0.39 is 0 Å². The molecule has 3 nitrogen and oxygen atoms in total. The van der Waals surface area contributed by atoms with Gasteiger partial charge in [-0.15, -0.1) is 0 Å². The number of nitrogens with zero attached hydrogens (tertiary/aromatic N) is 2. The van der Waals surface area contributed by atoms with Gasteiger partial charge in [0.25, 0.3) is 0 Å². The minimum Gasteiger partial charge on any atom is -0.363 e. The van der Waals surface area contributed by atoms with E-state index in [4.69, 9.17) is 5.73 Å². The Labute approximate surface area is 85.9 Å². The summed E-state index contributed by atoms with van der Waals surface area (Å²) in [5.41, 5.74) is 8.23. The van der Waals surface area contributed by atoms with Gasteiger partial charge in [-0.25, -0.2) is 4.98 Å². The Morgan fingerprint density at radius 3 is 2.57 bits per heavy atom. The molecular formula is C11H19N3. The standard InChI is InChI=1S/C11H19N3/c1-5-10(12)9-6-8(2)11(13-7-9)14(3)4/h6-7,10H,5,12H2,1-4H3/t10-/m0/s1. The molecule has 1 atom stereocenters. The van der Waals surface area contributed by atoms with Crippen LogP contribution in [0, 0.1) is 6.92 Å². The number of hydrogen-bond donors (Lipinski definition) is 1. The van der Waals surface area contributed by atoms with Crippen molar-refractivity contribution in [3.8, 4) is 0 Å². The van der Waals surface area contributed by atoms with Gasteiger partial charge in [-0.3, -0.25) is 0 Å². The molecule has 0 aliphatic rings. The highest BCUT2D eigenvalue weighted by atomic mass is 15.1. The number of hydrogen-bond acceptors (Lipinski definition) is 3. The Kier molecular flexibility index (Phi) is 3.47. The lowest BCUT2D eigenvalue weighted by Crippen LogP contribution is -2.14. The summed E-state index contributed by atoms with van der Waals surface area (Å²) in [6, 6.07) is 2.23. The van der Waals surface area contributed by atoms with Crippen LogP contribution in [0.4, 0.5) is 5.82 Å². The molecule has 0 saturated heterocycles. The van der Waals surface area contributed by atoms with Crippen molar-refractivity contribution >= 4 is 5.82 Å². The number of nitrogens with two attached hydrogens (primary N) is 1. The van der Waals surface area contributed by atoms with Gasteiger partial charge >= 0.3 is 0 Å². The fourth-order valence-electron chi connectivity index (χ4n) is 1.50. The molecule has 0 aliphatic heterocycles. The number of rotatable bonds is 3. The summed E-state index contributed by atoms with van der Waals surface area (Å²) in [6.07, 6.45) is 2.82. The second-order valence-corrected chi connectivity index (χ2v) is 3.82. The summed E-state index contributed by atoms with van der Waals surface area (Å²) >= 11 is 0. The Hall–Kier alpha value is -1.09. The van der Waals surface area contributed by atoms with Crippen molar-refractivity contribution in [3.05, 3.63) is 23.4 Å². The van der Waals surface area contributed by atoms with Crippen LogP contribution in [0.1, 0.15) is 30.5 Å². The van der Waals surface area contributed by atoms with Crippen LogP contribution in [0.5, 0.6) is 0 Å². The van der Waals surface area contributed by atoms with Gasteiger partial charge in [0, 0.05) is 26.3 Å². The minimum atomic E-state index is 0.109. The maximum absolute atomic E-state index is 5.94. The Morgan fingerprint density at radius 2 is 2.14 bits per heavy atom. The highest BCUT2D eigenvalue weighted by molar-refractivity contribution is 5.46. The van der Waals surface area contributed by atoms with Gasteiger partial charge in [0.2, 0.25) is 0 Å². The van der Waals surface area contributed by atoms with Crippen LogP contribution >= 0.6 is 0 Å². The van der Waals surface area contributed by atoms with Crippen LogP contribution in [-0.4, -0.2) is 19.1 Å². The van der Waals surface area contributed by atoms with E-state index in [2.05, 4.69) is 24.9 Å². The monoisotopic (exact) mass is 193 g/mol. The molecule has 1 rings (SSSR count). The first kappa shape index (κ1) is 11.0. The predicted octanol–water partition coefficient (Wildman–Crippen LogP) is 1.87. The van der Waals surface area contributed by atoms with Gasteiger partial charge in [-0.2, -0.15) is 0 Å². The lowest BCUT2D eigenvalue weighted by Gasteiger charge is -2.16. The van der Waals surface area contributed by atoms with Crippen molar-refractivity contribution in [3.63, 3.8) is 0 Å². The van der Waals surface area contributed by atoms with Crippen molar-refractivity contribution in [2.24, 2.45) is 5.73 Å². The van der Waals surface area contributed by atoms with Crippen LogP contribution in [0.3, 0.4) is 0 Å². The second kappa shape index (κ2) is 4.42. The molecule has 3 heteroatoms. The molecular weight excluding hydrogens is 174 g/mol. The van der Waals surface area contributed by atoms with E-state index in [1.807, 2.05) is 25.2 Å². The summed E-state index contributed by atoms with van der Waals surface area (Å²) in [5.74, 6) is 1.01. The Balaban J connectivity index is 3.00. The lowest BCUT2D eigenvalue weighted by atomic mass is 10.1. The van der Waals surface area contributed by atoms with Gasteiger partial charge in [0.15, 0.2) is 0 Å². The fraction of sp³-hybridized carbons (Fsp3) is 0.545. The van der Waals surface area contributed by atoms with E-state index in [9.17, 15) is 0 Å². The van der Waals surface area contributed by atoms with E-state index in [1.54, 1.807) is 0 Å². The summed E-state index contributed by atoms with van der Waals surface area (Å²) in [6.45, 7) is 4.15. The largest absolute Gasteiger partial charge is 0.363 e. The molecule has 1 heterocycles. The highest BCUT2D eigenvalue weighted by Crippen LogP contribution is 2.19. The molecule has 0 amide bonds. The molecule has 0 radical (unpaired) electrons. The number of anilines is 1. The second-order valence-electron chi connectivity index (χ2n) is 3.82. The highest BCUT2D eigenvalue weighted by Gasteiger charge is 2.07. The molecule has 2 N–H and O–H groups in total. The molecule has 0 unspecified atom stereocenters. The normalized spacial score (nSPS) is 12.6. The molecule has 1 aromatic rings. The van der Waals surface area contributed by atoms with Gasteiger partial charge in [0.05, 0.1) is 0 Å². The van der Waals surface area contributed by atoms with Crippen LogP contribution in [0.15, 0.2) is 12.3 Å². The van der Waals surface area contributed by atoms with Gasteiger partial charge in [-0.1, -0.05) is 6.92 Å². The van der Waals surface area contributed by atoms with E-state index in [1.165, 1.54) is 5.56 Å². The van der Waals surface area contributed by atoms with Crippen molar-refractivity contribution in [1.82, 2.24) is 4.98 Å². The molecule has 0 aromatic carbocycles. The zero-order valence-corrected chi connectivity index (χ0v) is 9.41. The first-order valence-corrected chi connectivity index (χ1v) is 4.95. The Morgan fingerprint density at radius 1 is 1.50 bits per heavy atom. The van der Waals surface area contributed by atoms with Crippen molar-refractivity contribution < 1.29 is 0 Å². The predicted molar refractivity (Wildman–Crippen MR) is 60.5 cm³/mol. The molecule has 1 aromatic heterocycles. The van der Waals surface area contributed by atoms with Crippen LogP contribution in [0.25, 0.3) is 0 Å². The first-order valence-electron chi connectivity index (χ1n) is 4.95. The topological polar surface area (TPSA) is 42.1 Å². The third-order valence-corrected chi connectivity index (χ3v) is 2.36. The van der Waals surface area contributed by atoms with E-state index >= 15 is 0 Å². The minimum absolute atomic E-state index is 0.109. The molecule has 78 valence electrons. The van der Waals surface area contributed by atoms with E-state index in [-0.39, 0.29) is 6.04 Å². The molecule has 0 fully saturated rings. The number of aryl methyl sites for hydroxylation is 1. The van der Waals surface area contributed by atoms with Gasteiger partial charge < -0.3 is 10.6 Å². The first-order chi connectivity index (χ1) is 6.56. The zero-order valence-electron chi connectivity index (χ0n) is 9.41.